The predicted octanol–water partition coefficient (Wildman–Crippen LogP) is 4.45. The van der Waals surface area contributed by atoms with E-state index in [1.807, 2.05) is 25.1 Å². The molecule has 3 aromatic rings. The van der Waals surface area contributed by atoms with Crippen molar-refractivity contribution in [2.75, 3.05) is 24.9 Å². The number of carbonyl (C=O) groups is 1. The Morgan fingerprint density at radius 3 is 2.36 bits per heavy atom. The van der Waals surface area contributed by atoms with Gasteiger partial charge in [0.05, 0.1) is 31.2 Å². The number of aryl methyl sites for hydroxylation is 1. The summed E-state index contributed by atoms with van der Waals surface area (Å²) in [5, 5.41) is 6.45. The second kappa shape index (κ2) is 8.58. The van der Waals surface area contributed by atoms with E-state index >= 15 is 0 Å². The number of halogens is 1. The minimum Gasteiger partial charge on any atom is -0.495 e. The third kappa shape index (κ3) is 4.32. The summed E-state index contributed by atoms with van der Waals surface area (Å²) >= 11 is 6.12. The minimum atomic E-state index is -0.337. The Kier molecular flexibility index (Phi) is 5.96. The van der Waals surface area contributed by atoms with Crippen LogP contribution >= 0.6 is 11.6 Å². The molecule has 0 fully saturated rings. The Morgan fingerprint density at radius 1 is 1.00 bits per heavy atom. The Labute approximate surface area is 167 Å². The Bertz CT molecular complexity index is 993. The van der Waals surface area contributed by atoms with Gasteiger partial charge < -0.3 is 20.1 Å². The number of nitrogens with zero attached hydrogens (tertiary/aromatic N) is 2. The van der Waals surface area contributed by atoms with E-state index in [-0.39, 0.29) is 5.91 Å². The maximum atomic E-state index is 12.4. The molecule has 0 unspecified atom stereocenters. The van der Waals surface area contributed by atoms with Crippen molar-refractivity contribution in [2.24, 2.45) is 0 Å². The molecule has 144 valence electrons. The van der Waals surface area contributed by atoms with Gasteiger partial charge in [-0.25, -0.2) is 9.97 Å². The van der Waals surface area contributed by atoms with Crippen molar-refractivity contribution in [1.29, 1.82) is 0 Å². The van der Waals surface area contributed by atoms with Crippen molar-refractivity contribution in [1.82, 2.24) is 9.97 Å². The molecule has 28 heavy (non-hydrogen) atoms. The average molecular weight is 399 g/mol. The number of amides is 1. The van der Waals surface area contributed by atoms with Crippen LogP contribution in [0.15, 0.2) is 48.8 Å². The number of benzene rings is 2. The number of carbonyl (C=O) groups excluding carboxylic acids is 1. The van der Waals surface area contributed by atoms with Crippen LogP contribution in [0, 0.1) is 6.92 Å². The first-order valence-corrected chi connectivity index (χ1v) is 8.77. The summed E-state index contributed by atoms with van der Waals surface area (Å²) in [6.45, 7) is 1.89. The molecule has 0 radical (unpaired) electrons. The molecule has 0 saturated heterocycles. The molecule has 1 heterocycles. The molecule has 0 saturated carbocycles. The second-order valence-corrected chi connectivity index (χ2v) is 6.28. The Hall–Kier alpha value is -3.32. The van der Waals surface area contributed by atoms with Crippen LogP contribution in [-0.2, 0) is 0 Å². The van der Waals surface area contributed by atoms with Gasteiger partial charge in [-0.15, -0.1) is 0 Å². The van der Waals surface area contributed by atoms with Gasteiger partial charge in [0.1, 0.15) is 11.5 Å². The number of para-hydroxylation sites is 2. The fourth-order valence-electron chi connectivity index (χ4n) is 2.50. The zero-order chi connectivity index (χ0) is 20.1. The molecule has 1 aromatic heterocycles. The quantitative estimate of drug-likeness (QED) is 0.638. The molecule has 0 aliphatic heterocycles. The lowest BCUT2D eigenvalue weighted by atomic mass is 10.2. The third-order valence-electron chi connectivity index (χ3n) is 4.00. The number of hydrogen-bond donors (Lipinski definition) is 2. The van der Waals surface area contributed by atoms with Crippen LogP contribution < -0.4 is 20.1 Å². The molecule has 2 N–H and O–H groups in total. The van der Waals surface area contributed by atoms with E-state index in [4.69, 9.17) is 21.1 Å². The maximum Gasteiger partial charge on any atom is 0.258 e. The van der Waals surface area contributed by atoms with E-state index in [2.05, 4.69) is 20.6 Å². The van der Waals surface area contributed by atoms with Crippen LogP contribution in [0.4, 0.5) is 17.3 Å². The Morgan fingerprint density at radius 2 is 1.68 bits per heavy atom. The van der Waals surface area contributed by atoms with Gasteiger partial charge in [0.15, 0.2) is 0 Å². The van der Waals surface area contributed by atoms with Crippen LogP contribution in [0.2, 0.25) is 5.02 Å². The van der Waals surface area contributed by atoms with Crippen molar-refractivity contribution in [3.63, 3.8) is 0 Å². The van der Waals surface area contributed by atoms with Crippen LogP contribution in [0.5, 0.6) is 11.5 Å². The number of rotatable bonds is 6. The van der Waals surface area contributed by atoms with E-state index in [0.29, 0.717) is 39.4 Å². The van der Waals surface area contributed by atoms with Gasteiger partial charge in [-0.2, -0.15) is 0 Å². The smallest absolute Gasteiger partial charge is 0.258 e. The standard InChI is InChI=1S/C20H19ClN4O3/c1-12-8-16(18(28-3)9-14(12)21)25-20-22-10-13(11-23-20)19(26)24-15-6-4-5-7-17(15)27-2/h4-11H,1-3H3,(H,24,26)(H,22,23,25). The van der Waals surface area contributed by atoms with Crippen LogP contribution in [0.3, 0.4) is 0 Å². The first-order chi connectivity index (χ1) is 13.5. The highest BCUT2D eigenvalue weighted by Gasteiger charge is 2.12. The fraction of sp³-hybridized carbons (Fsp3) is 0.150. The molecule has 2 aromatic carbocycles. The third-order valence-corrected chi connectivity index (χ3v) is 4.40. The van der Waals surface area contributed by atoms with E-state index in [0.717, 1.165) is 5.56 Å². The summed E-state index contributed by atoms with van der Waals surface area (Å²) in [7, 11) is 3.10. The molecule has 8 heteroatoms. The van der Waals surface area contributed by atoms with E-state index in [1.165, 1.54) is 12.4 Å². The molecule has 0 atom stereocenters. The van der Waals surface area contributed by atoms with Crippen LogP contribution in [-0.4, -0.2) is 30.1 Å². The highest BCUT2D eigenvalue weighted by molar-refractivity contribution is 6.31. The lowest BCUT2D eigenvalue weighted by molar-refractivity contribution is 0.102. The lowest BCUT2D eigenvalue weighted by Crippen LogP contribution is -2.13. The van der Waals surface area contributed by atoms with E-state index < -0.39 is 0 Å². The molecule has 0 aliphatic carbocycles. The SMILES string of the molecule is COc1ccccc1NC(=O)c1cnc(Nc2cc(C)c(Cl)cc2OC)nc1. The highest BCUT2D eigenvalue weighted by Crippen LogP contribution is 2.32. The van der Waals surface area contributed by atoms with Crippen molar-refractivity contribution < 1.29 is 14.3 Å². The molecule has 0 spiro atoms. The first-order valence-electron chi connectivity index (χ1n) is 8.39. The molecule has 7 nitrogen and oxygen atoms in total. The molecular formula is C20H19ClN4O3. The monoisotopic (exact) mass is 398 g/mol. The number of aromatic nitrogens is 2. The van der Waals surface area contributed by atoms with E-state index in [1.54, 1.807) is 32.4 Å². The summed E-state index contributed by atoms with van der Waals surface area (Å²) in [5.41, 5.74) is 2.45. The van der Waals surface area contributed by atoms with Gasteiger partial charge in [0.25, 0.3) is 5.91 Å². The van der Waals surface area contributed by atoms with Crippen molar-refractivity contribution in [3.8, 4) is 11.5 Å². The summed E-state index contributed by atoms with van der Waals surface area (Å²) in [6, 6.07) is 10.7. The van der Waals surface area contributed by atoms with Gasteiger partial charge in [0.2, 0.25) is 5.95 Å². The molecule has 0 aliphatic rings. The largest absolute Gasteiger partial charge is 0.495 e. The maximum absolute atomic E-state index is 12.4. The molecule has 3 rings (SSSR count). The lowest BCUT2D eigenvalue weighted by Gasteiger charge is -2.12. The summed E-state index contributed by atoms with van der Waals surface area (Å²) in [4.78, 5) is 20.8. The topological polar surface area (TPSA) is 85.4 Å². The average Bonchev–Trinajstić information content (AvgIpc) is 2.71. The highest BCUT2D eigenvalue weighted by atomic mass is 35.5. The number of hydrogen-bond acceptors (Lipinski definition) is 6. The zero-order valence-electron chi connectivity index (χ0n) is 15.6. The second-order valence-electron chi connectivity index (χ2n) is 5.88. The van der Waals surface area contributed by atoms with Gasteiger partial charge in [-0.1, -0.05) is 23.7 Å². The predicted molar refractivity (Wildman–Crippen MR) is 109 cm³/mol. The number of ether oxygens (including phenoxy) is 2. The fourth-order valence-corrected chi connectivity index (χ4v) is 2.66. The normalized spacial score (nSPS) is 10.3. The van der Waals surface area contributed by atoms with Crippen molar-refractivity contribution in [3.05, 3.63) is 64.9 Å². The number of nitrogens with one attached hydrogen (secondary N) is 2. The first kappa shape index (κ1) is 19.4. The van der Waals surface area contributed by atoms with Gasteiger partial charge in [0, 0.05) is 23.5 Å². The molecular weight excluding hydrogens is 380 g/mol. The molecule has 0 bridgehead atoms. The summed E-state index contributed by atoms with van der Waals surface area (Å²) in [5.74, 6) is 1.13. The van der Waals surface area contributed by atoms with E-state index in [9.17, 15) is 4.79 Å². The summed E-state index contributed by atoms with van der Waals surface area (Å²) < 4.78 is 10.6. The Balaban J connectivity index is 1.75. The zero-order valence-corrected chi connectivity index (χ0v) is 16.4. The number of methoxy groups -OCH3 is 2. The van der Waals surface area contributed by atoms with Gasteiger partial charge in [-0.05, 0) is 30.7 Å². The van der Waals surface area contributed by atoms with Crippen molar-refractivity contribution >= 4 is 34.8 Å². The summed E-state index contributed by atoms with van der Waals surface area (Å²) in [6.07, 6.45) is 2.88. The van der Waals surface area contributed by atoms with Crippen LogP contribution in [0.1, 0.15) is 15.9 Å². The van der Waals surface area contributed by atoms with Crippen molar-refractivity contribution in [2.45, 2.75) is 6.92 Å². The van der Waals surface area contributed by atoms with Gasteiger partial charge >= 0.3 is 0 Å². The number of anilines is 3. The minimum absolute atomic E-state index is 0.315. The van der Waals surface area contributed by atoms with Crippen LogP contribution in [0.25, 0.3) is 0 Å². The molecule has 1 amide bonds. The van der Waals surface area contributed by atoms with Gasteiger partial charge in [-0.3, -0.25) is 4.79 Å².